The summed E-state index contributed by atoms with van der Waals surface area (Å²) in [6.45, 7) is 4.29. The molecule has 0 aromatic carbocycles. The third-order valence-electron chi connectivity index (χ3n) is 9.10. The van der Waals surface area contributed by atoms with Crippen LogP contribution in [-0.4, -0.2) is 34.9 Å². The molecule has 2 atom stereocenters. The van der Waals surface area contributed by atoms with Gasteiger partial charge in [-0.1, -0.05) is 192 Å². The summed E-state index contributed by atoms with van der Waals surface area (Å²) in [5.41, 5.74) is 0. The van der Waals surface area contributed by atoms with Crippen LogP contribution < -0.4 is 5.32 Å². The molecule has 4 nitrogen and oxygen atoms in total. The van der Waals surface area contributed by atoms with E-state index in [4.69, 9.17) is 0 Å². The van der Waals surface area contributed by atoms with Crippen LogP contribution >= 0.6 is 0 Å². The summed E-state index contributed by atoms with van der Waals surface area (Å²) in [5, 5.41) is 22.9. The van der Waals surface area contributed by atoms with Crippen molar-refractivity contribution in [2.75, 3.05) is 6.61 Å². The molecule has 0 spiro atoms. The number of unbranched alkanes of at least 4 members (excludes halogenated alkanes) is 25. The smallest absolute Gasteiger partial charge is 0.220 e. The highest BCUT2D eigenvalue weighted by molar-refractivity contribution is 5.76. The van der Waals surface area contributed by atoms with E-state index in [1.54, 1.807) is 6.08 Å². The molecule has 0 saturated heterocycles. The predicted octanol–water partition coefficient (Wildman–Crippen LogP) is 12.2. The zero-order valence-corrected chi connectivity index (χ0v) is 30.8. The molecule has 0 aliphatic carbocycles. The van der Waals surface area contributed by atoms with Gasteiger partial charge in [0.05, 0.1) is 18.8 Å². The summed E-state index contributed by atoms with van der Waals surface area (Å²) in [6, 6.07) is -0.641. The van der Waals surface area contributed by atoms with Crippen molar-refractivity contribution in [1.29, 1.82) is 0 Å². The van der Waals surface area contributed by atoms with Gasteiger partial charge in [0, 0.05) is 6.42 Å². The van der Waals surface area contributed by atoms with Crippen LogP contribution in [0.4, 0.5) is 0 Å². The third kappa shape index (κ3) is 34.0. The Hall–Kier alpha value is -1.39. The zero-order chi connectivity index (χ0) is 33.6. The Balaban J connectivity index is 3.66. The number of hydrogen-bond acceptors (Lipinski definition) is 3. The van der Waals surface area contributed by atoms with Crippen LogP contribution in [0.3, 0.4) is 0 Å². The summed E-state index contributed by atoms with van der Waals surface area (Å²) in [5.74, 6) is -0.0779. The molecule has 0 saturated carbocycles. The average Bonchev–Trinajstić information content (AvgIpc) is 3.06. The van der Waals surface area contributed by atoms with Crippen LogP contribution in [0, 0.1) is 0 Å². The summed E-state index contributed by atoms with van der Waals surface area (Å²) in [7, 11) is 0. The van der Waals surface area contributed by atoms with Crippen molar-refractivity contribution >= 4 is 5.91 Å². The van der Waals surface area contributed by atoms with E-state index in [1.807, 2.05) is 6.08 Å². The van der Waals surface area contributed by atoms with Gasteiger partial charge in [-0.15, -0.1) is 0 Å². The second kappa shape index (κ2) is 38.1. The van der Waals surface area contributed by atoms with E-state index in [0.717, 1.165) is 38.5 Å². The number of carbonyl (C=O) groups is 1. The highest BCUT2D eigenvalue weighted by atomic mass is 16.3. The second-order valence-electron chi connectivity index (χ2n) is 13.7. The van der Waals surface area contributed by atoms with Crippen molar-refractivity contribution in [2.24, 2.45) is 0 Å². The lowest BCUT2D eigenvalue weighted by atomic mass is 10.0. The Labute approximate surface area is 287 Å². The van der Waals surface area contributed by atoms with Crippen molar-refractivity contribution in [3.8, 4) is 0 Å². The van der Waals surface area contributed by atoms with Gasteiger partial charge in [0.1, 0.15) is 0 Å². The summed E-state index contributed by atoms with van der Waals surface area (Å²) in [6.07, 6.45) is 49.5. The van der Waals surface area contributed by atoms with Crippen LogP contribution in [0.2, 0.25) is 0 Å². The fourth-order valence-electron chi connectivity index (χ4n) is 5.97. The van der Waals surface area contributed by atoms with E-state index in [9.17, 15) is 15.0 Å². The van der Waals surface area contributed by atoms with Crippen LogP contribution in [0.15, 0.2) is 36.5 Å². The molecule has 4 heteroatoms. The van der Waals surface area contributed by atoms with Crippen LogP contribution in [-0.2, 0) is 4.79 Å². The molecular formula is C42H79NO3. The molecule has 0 rings (SSSR count). The Morgan fingerprint density at radius 1 is 0.500 bits per heavy atom. The number of allylic oxidation sites excluding steroid dienone is 5. The monoisotopic (exact) mass is 646 g/mol. The zero-order valence-electron chi connectivity index (χ0n) is 30.8. The van der Waals surface area contributed by atoms with Gasteiger partial charge in [-0.25, -0.2) is 0 Å². The van der Waals surface area contributed by atoms with Crippen molar-refractivity contribution in [3.63, 3.8) is 0 Å². The van der Waals surface area contributed by atoms with E-state index in [0.29, 0.717) is 6.42 Å². The maximum absolute atomic E-state index is 12.3. The fourth-order valence-corrected chi connectivity index (χ4v) is 5.97. The first-order chi connectivity index (χ1) is 22.7. The van der Waals surface area contributed by atoms with Gasteiger partial charge in [-0.05, 0) is 44.9 Å². The first-order valence-electron chi connectivity index (χ1n) is 20.2. The van der Waals surface area contributed by atoms with Gasteiger partial charge in [-0.3, -0.25) is 4.79 Å². The molecule has 0 aliphatic rings. The number of aliphatic hydroxyl groups is 2. The lowest BCUT2D eigenvalue weighted by molar-refractivity contribution is -0.123. The van der Waals surface area contributed by atoms with Crippen LogP contribution in [0.5, 0.6) is 0 Å². The number of rotatable bonds is 36. The Bertz CT molecular complexity index is 701. The maximum Gasteiger partial charge on any atom is 0.220 e. The van der Waals surface area contributed by atoms with Crippen molar-refractivity contribution in [1.82, 2.24) is 5.32 Å². The highest BCUT2D eigenvalue weighted by Crippen LogP contribution is 2.14. The molecule has 0 radical (unpaired) electrons. The van der Waals surface area contributed by atoms with E-state index in [2.05, 4.69) is 43.5 Å². The molecule has 1 amide bonds. The predicted molar refractivity (Wildman–Crippen MR) is 202 cm³/mol. The number of aliphatic hydroxyl groups excluding tert-OH is 2. The molecule has 0 aliphatic heterocycles. The fraction of sp³-hybridized carbons (Fsp3) is 0.833. The van der Waals surface area contributed by atoms with Gasteiger partial charge in [0.15, 0.2) is 0 Å². The molecule has 0 aromatic rings. The average molecular weight is 646 g/mol. The summed E-state index contributed by atoms with van der Waals surface area (Å²) >= 11 is 0. The van der Waals surface area contributed by atoms with E-state index in [1.165, 1.54) is 148 Å². The van der Waals surface area contributed by atoms with Crippen molar-refractivity contribution < 1.29 is 15.0 Å². The lowest BCUT2D eigenvalue weighted by Gasteiger charge is -2.19. The summed E-state index contributed by atoms with van der Waals surface area (Å²) in [4.78, 5) is 12.3. The lowest BCUT2D eigenvalue weighted by Crippen LogP contribution is -2.45. The molecule has 46 heavy (non-hydrogen) atoms. The minimum absolute atomic E-state index is 0.0779. The maximum atomic E-state index is 12.3. The Kier molecular flexibility index (Phi) is 36.9. The number of hydrogen-bond donors (Lipinski definition) is 3. The second-order valence-corrected chi connectivity index (χ2v) is 13.7. The van der Waals surface area contributed by atoms with Gasteiger partial charge >= 0.3 is 0 Å². The SMILES string of the molecule is CCCCCCCCCCCC/C=C/CC/C=C/CC/C=C/C(O)C(CO)NC(=O)CCCCCCCCCCCCCCCC. The topological polar surface area (TPSA) is 69.6 Å². The van der Waals surface area contributed by atoms with Gasteiger partial charge < -0.3 is 15.5 Å². The minimum Gasteiger partial charge on any atom is -0.394 e. The molecular weight excluding hydrogens is 566 g/mol. The first kappa shape index (κ1) is 44.6. The number of carbonyl (C=O) groups excluding carboxylic acids is 1. The van der Waals surface area contributed by atoms with Crippen LogP contribution in [0.25, 0.3) is 0 Å². The largest absolute Gasteiger partial charge is 0.394 e. The molecule has 3 N–H and O–H groups in total. The number of amides is 1. The quantitative estimate of drug-likeness (QED) is 0.0469. The standard InChI is InChI=1S/C42H79NO3/c1-3-5-7-9-11-13-15-17-19-20-21-22-23-24-25-27-29-31-33-35-37-41(45)40(39-44)43-42(46)38-36-34-32-30-28-26-18-16-14-12-10-8-6-4-2/h22-23,27,29,35,37,40-41,44-45H,3-21,24-26,28,30-34,36,38-39H2,1-2H3,(H,43,46)/b23-22+,29-27+,37-35+. The van der Waals surface area contributed by atoms with Gasteiger partial charge in [-0.2, -0.15) is 0 Å². The molecule has 0 bridgehead atoms. The Morgan fingerprint density at radius 2 is 0.848 bits per heavy atom. The van der Waals surface area contributed by atoms with Gasteiger partial charge in [0.2, 0.25) is 5.91 Å². The van der Waals surface area contributed by atoms with Crippen molar-refractivity contribution in [3.05, 3.63) is 36.5 Å². The molecule has 270 valence electrons. The third-order valence-corrected chi connectivity index (χ3v) is 9.10. The van der Waals surface area contributed by atoms with Crippen LogP contribution in [0.1, 0.15) is 206 Å². The molecule has 0 fully saturated rings. The van der Waals surface area contributed by atoms with E-state index in [-0.39, 0.29) is 12.5 Å². The van der Waals surface area contributed by atoms with Crippen molar-refractivity contribution in [2.45, 2.75) is 219 Å². The Morgan fingerprint density at radius 3 is 1.26 bits per heavy atom. The highest BCUT2D eigenvalue weighted by Gasteiger charge is 2.17. The van der Waals surface area contributed by atoms with E-state index < -0.39 is 12.1 Å². The molecule has 2 unspecified atom stereocenters. The first-order valence-corrected chi connectivity index (χ1v) is 20.2. The van der Waals surface area contributed by atoms with Gasteiger partial charge in [0.25, 0.3) is 0 Å². The minimum atomic E-state index is -0.866. The molecule has 0 aromatic heterocycles. The summed E-state index contributed by atoms with van der Waals surface area (Å²) < 4.78 is 0. The normalized spacial score (nSPS) is 13.4. The van der Waals surface area contributed by atoms with E-state index >= 15 is 0 Å². The molecule has 0 heterocycles. The number of nitrogens with one attached hydrogen (secondary N) is 1.